The van der Waals surface area contributed by atoms with Crippen LogP contribution in [0, 0.1) is 13.8 Å². The average molecular weight is 440 g/mol. The Balaban J connectivity index is 1.36. The van der Waals surface area contributed by atoms with Crippen LogP contribution in [-0.4, -0.2) is 92.3 Å². The number of methoxy groups -OCH3 is 1. The highest BCUT2D eigenvalue weighted by Crippen LogP contribution is 2.23. The van der Waals surface area contributed by atoms with Gasteiger partial charge in [-0.15, -0.1) is 0 Å². The summed E-state index contributed by atoms with van der Waals surface area (Å²) >= 11 is 0. The lowest BCUT2D eigenvalue weighted by Crippen LogP contribution is -2.50. The van der Waals surface area contributed by atoms with Gasteiger partial charge < -0.3 is 29.7 Å². The summed E-state index contributed by atoms with van der Waals surface area (Å²) < 4.78 is 5.24. The lowest BCUT2D eigenvalue weighted by molar-refractivity contribution is 0.208. The molecule has 0 bridgehead atoms. The first kappa shape index (κ1) is 22.1. The zero-order valence-electron chi connectivity index (χ0n) is 19.5. The minimum Gasteiger partial charge on any atom is -0.497 e. The van der Waals surface area contributed by atoms with E-state index in [0.29, 0.717) is 13.1 Å². The molecule has 2 amide bonds. The van der Waals surface area contributed by atoms with Crippen LogP contribution < -0.4 is 19.9 Å². The maximum atomic E-state index is 12.8. The number of nitrogens with one attached hydrogen (secondary N) is 1. The average Bonchev–Trinajstić information content (AvgIpc) is 2.80. The number of benzene rings is 1. The lowest BCUT2D eigenvalue weighted by atomic mass is 10.2. The van der Waals surface area contributed by atoms with Gasteiger partial charge in [-0.1, -0.05) is 0 Å². The molecule has 172 valence electrons. The highest BCUT2D eigenvalue weighted by molar-refractivity contribution is 5.90. The molecule has 2 aliphatic rings. The molecule has 0 radical (unpaired) electrons. The van der Waals surface area contributed by atoms with E-state index < -0.39 is 0 Å². The summed E-state index contributed by atoms with van der Waals surface area (Å²) in [5, 5.41) is 3.03. The molecule has 32 heavy (non-hydrogen) atoms. The number of rotatable bonds is 4. The van der Waals surface area contributed by atoms with Crippen LogP contribution in [0.25, 0.3) is 0 Å². The number of likely N-dealkylation sites (N-methyl/N-ethyl adjacent to an activating group) is 1. The standard InChI is InChI=1S/C23H33N7O2/c1-17-15-19(32-4)5-6-20(17)26-23(31)30-13-11-29(12-14-30)22-16-21(24-18(2)25-22)28-9-7-27(3)8-10-28/h5-6,15-16H,7-14H2,1-4H3,(H,26,31). The molecule has 0 saturated carbocycles. The molecule has 9 nitrogen and oxygen atoms in total. The number of amides is 2. The van der Waals surface area contributed by atoms with Crippen molar-refractivity contribution in [1.29, 1.82) is 0 Å². The van der Waals surface area contributed by atoms with Gasteiger partial charge in [0.25, 0.3) is 0 Å². The normalized spacial score (nSPS) is 17.4. The van der Waals surface area contributed by atoms with Crippen LogP contribution in [0.1, 0.15) is 11.4 Å². The fourth-order valence-electron chi connectivity index (χ4n) is 4.13. The van der Waals surface area contributed by atoms with Crippen LogP contribution in [-0.2, 0) is 0 Å². The molecular weight excluding hydrogens is 406 g/mol. The number of carbonyl (C=O) groups is 1. The number of anilines is 3. The molecule has 9 heteroatoms. The third-order valence-corrected chi connectivity index (χ3v) is 6.20. The third kappa shape index (κ3) is 5.04. The van der Waals surface area contributed by atoms with E-state index in [0.717, 1.165) is 73.7 Å². The van der Waals surface area contributed by atoms with Gasteiger partial charge in [0.1, 0.15) is 23.2 Å². The Morgan fingerprint density at radius 1 is 0.906 bits per heavy atom. The number of ether oxygens (including phenoxy) is 1. The second-order valence-corrected chi connectivity index (χ2v) is 8.51. The number of piperazine rings is 2. The summed E-state index contributed by atoms with van der Waals surface area (Å²) in [6.45, 7) is 10.7. The van der Waals surface area contributed by atoms with Crippen molar-refractivity contribution in [3.05, 3.63) is 35.7 Å². The Labute approximate surface area is 190 Å². The first-order valence-electron chi connectivity index (χ1n) is 11.2. The topological polar surface area (TPSA) is 77.1 Å². The number of nitrogens with zero attached hydrogens (tertiary/aromatic N) is 6. The van der Waals surface area contributed by atoms with Crippen LogP contribution in [0.4, 0.5) is 22.1 Å². The first-order valence-corrected chi connectivity index (χ1v) is 11.2. The Kier molecular flexibility index (Phi) is 6.64. The summed E-state index contributed by atoms with van der Waals surface area (Å²) in [5.74, 6) is 3.50. The van der Waals surface area contributed by atoms with Crippen LogP contribution in [0.15, 0.2) is 24.3 Å². The summed E-state index contributed by atoms with van der Waals surface area (Å²) in [5.41, 5.74) is 1.78. The van der Waals surface area contributed by atoms with Gasteiger partial charge >= 0.3 is 6.03 Å². The van der Waals surface area contributed by atoms with Gasteiger partial charge in [-0.05, 0) is 44.7 Å². The van der Waals surface area contributed by atoms with Crippen LogP contribution in [0.5, 0.6) is 5.75 Å². The molecule has 0 atom stereocenters. The third-order valence-electron chi connectivity index (χ3n) is 6.20. The molecule has 0 unspecified atom stereocenters. The van der Waals surface area contributed by atoms with Crippen molar-refractivity contribution in [2.24, 2.45) is 0 Å². The van der Waals surface area contributed by atoms with Crippen molar-refractivity contribution in [3.63, 3.8) is 0 Å². The Morgan fingerprint density at radius 3 is 2.06 bits per heavy atom. The molecule has 2 aliphatic heterocycles. The summed E-state index contributed by atoms with van der Waals surface area (Å²) in [6, 6.07) is 7.68. The van der Waals surface area contributed by atoms with Crippen molar-refractivity contribution < 1.29 is 9.53 Å². The van der Waals surface area contributed by atoms with Crippen molar-refractivity contribution in [3.8, 4) is 5.75 Å². The second kappa shape index (κ2) is 9.60. The van der Waals surface area contributed by atoms with Crippen molar-refractivity contribution in [1.82, 2.24) is 19.8 Å². The number of carbonyl (C=O) groups excluding carboxylic acids is 1. The van der Waals surface area contributed by atoms with Gasteiger partial charge in [0.05, 0.1) is 7.11 Å². The maximum absolute atomic E-state index is 12.8. The maximum Gasteiger partial charge on any atom is 0.321 e. The van der Waals surface area contributed by atoms with Gasteiger partial charge in [-0.3, -0.25) is 0 Å². The van der Waals surface area contributed by atoms with Crippen molar-refractivity contribution in [2.75, 3.05) is 81.6 Å². The molecule has 1 aromatic heterocycles. The number of aromatic nitrogens is 2. The molecule has 2 saturated heterocycles. The lowest BCUT2D eigenvalue weighted by Gasteiger charge is -2.36. The predicted octanol–water partition coefficient (Wildman–Crippen LogP) is 2.21. The summed E-state index contributed by atoms with van der Waals surface area (Å²) in [4.78, 5) is 30.9. The number of hydrogen-bond acceptors (Lipinski definition) is 7. The molecular formula is C23H33N7O2. The van der Waals surface area contributed by atoms with E-state index in [4.69, 9.17) is 4.74 Å². The highest BCUT2D eigenvalue weighted by atomic mass is 16.5. The van der Waals surface area contributed by atoms with Gasteiger partial charge in [0.15, 0.2) is 0 Å². The predicted molar refractivity (Wildman–Crippen MR) is 127 cm³/mol. The second-order valence-electron chi connectivity index (χ2n) is 8.51. The molecule has 0 aliphatic carbocycles. The SMILES string of the molecule is COc1ccc(NC(=O)N2CCN(c3cc(N4CCN(C)CC4)nc(C)n3)CC2)c(C)c1. The Bertz CT molecular complexity index is 951. The van der Waals surface area contributed by atoms with Crippen LogP contribution in [0.2, 0.25) is 0 Å². The molecule has 1 N–H and O–H groups in total. The van der Waals surface area contributed by atoms with E-state index in [1.54, 1.807) is 7.11 Å². The van der Waals surface area contributed by atoms with Gasteiger partial charge in [-0.25, -0.2) is 14.8 Å². The van der Waals surface area contributed by atoms with Crippen molar-refractivity contribution >= 4 is 23.4 Å². The molecule has 1 aromatic carbocycles. The molecule has 2 aromatic rings. The van der Waals surface area contributed by atoms with E-state index >= 15 is 0 Å². The van der Waals surface area contributed by atoms with E-state index in [2.05, 4.69) is 43.1 Å². The van der Waals surface area contributed by atoms with Gasteiger partial charge in [-0.2, -0.15) is 0 Å². The zero-order chi connectivity index (χ0) is 22.7. The zero-order valence-corrected chi connectivity index (χ0v) is 19.5. The smallest absolute Gasteiger partial charge is 0.321 e. The Morgan fingerprint density at radius 2 is 1.50 bits per heavy atom. The van der Waals surface area contributed by atoms with Gasteiger partial charge in [0.2, 0.25) is 0 Å². The van der Waals surface area contributed by atoms with Gasteiger partial charge in [0, 0.05) is 64.1 Å². The summed E-state index contributed by atoms with van der Waals surface area (Å²) in [6.07, 6.45) is 0. The quantitative estimate of drug-likeness (QED) is 0.783. The molecule has 2 fully saturated rings. The highest BCUT2D eigenvalue weighted by Gasteiger charge is 2.24. The number of hydrogen-bond donors (Lipinski definition) is 1. The molecule has 3 heterocycles. The summed E-state index contributed by atoms with van der Waals surface area (Å²) in [7, 11) is 3.79. The number of urea groups is 1. The minimum absolute atomic E-state index is 0.0742. The van der Waals surface area contributed by atoms with E-state index in [9.17, 15) is 4.79 Å². The fraction of sp³-hybridized carbons (Fsp3) is 0.522. The van der Waals surface area contributed by atoms with E-state index in [1.165, 1.54) is 0 Å². The first-order chi connectivity index (χ1) is 15.4. The molecule has 4 rings (SSSR count). The monoisotopic (exact) mass is 439 g/mol. The Hall–Kier alpha value is -3.07. The van der Waals surface area contributed by atoms with Crippen LogP contribution >= 0.6 is 0 Å². The van der Waals surface area contributed by atoms with Crippen molar-refractivity contribution in [2.45, 2.75) is 13.8 Å². The largest absolute Gasteiger partial charge is 0.497 e. The fourth-order valence-corrected chi connectivity index (χ4v) is 4.13. The van der Waals surface area contributed by atoms with E-state index in [1.807, 2.05) is 36.9 Å². The van der Waals surface area contributed by atoms with E-state index in [-0.39, 0.29) is 6.03 Å². The van der Waals surface area contributed by atoms with Crippen LogP contribution in [0.3, 0.4) is 0 Å². The minimum atomic E-state index is -0.0742. The molecule has 0 spiro atoms. The number of aryl methyl sites for hydroxylation is 2.